The first kappa shape index (κ1) is 18.8. The van der Waals surface area contributed by atoms with Gasteiger partial charge in [0.15, 0.2) is 5.13 Å². The van der Waals surface area contributed by atoms with Crippen LogP contribution in [0, 0.1) is 13.8 Å². The van der Waals surface area contributed by atoms with Crippen molar-refractivity contribution in [2.75, 3.05) is 5.32 Å². The third-order valence-corrected chi connectivity index (χ3v) is 6.11. The van der Waals surface area contributed by atoms with E-state index >= 15 is 0 Å². The summed E-state index contributed by atoms with van der Waals surface area (Å²) in [7, 11) is 0. The Morgan fingerprint density at radius 2 is 1.71 bits per heavy atom. The summed E-state index contributed by atoms with van der Waals surface area (Å²) in [6, 6.07) is 11.7. The van der Waals surface area contributed by atoms with Crippen molar-refractivity contribution < 1.29 is 0 Å². The van der Waals surface area contributed by atoms with Gasteiger partial charge >= 0.3 is 0 Å². The van der Waals surface area contributed by atoms with Gasteiger partial charge in [-0.1, -0.05) is 35.9 Å². The molecule has 0 aliphatic carbocycles. The molecule has 3 aromatic heterocycles. The first-order valence-electron chi connectivity index (χ1n) is 8.63. The van der Waals surface area contributed by atoms with Gasteiger partial charge in [-0.15, -0.1) is 22.7 Å². The van der Waals surface area contributed by atoms with E-state index in [0.717, 1.165) is 48.4 Å². The number of aryl methyl sites for hydroxylation is 2. The number of rotatable bonds is 5. The van der Waals surface area contributed by atoms with Gasteiger partial charge in [0.1, 0.15) is 5.82 Å². The number of nitrogens with zero attached hydrogens (tertiary/aromatic N) is 3. The number of hydrogen-bond donors (Lipinski definition) is 1. The Kier molecular flexibility index (Phi) is 5.52. The van der Waals surface area contributed by atoms with Crippen LogP contribution in [0.5, 0.6) is 0 Å². The molecule has 0 aliphatic heterocycles. The molecule has 0 bridgehead atoms. The largest absolute Gasteiger partial charge is 0.316 e. The van der Waals surface area contributed by atoms with Crippen LogP contribution in [0.25, 0.3) is 22.7 Å². The smallest absolute Gasteiger partial charge is 0.188 e. The third kappa shape index (κ3) is 4.47. The number of thiazole rings is 2. The van der Waals surface area contributed by atoms with Crippen LogP contribution >= 0.6 is 34.3 Å². The highest BCUT2D eigenvalue weighted by atomic mass is 35.5. The third-order valence-electron chi connectivity index (χ3n) is 4.00. The molecule has 0 fully saturated rings. The highest BCUT2D eigenvalue weighted by molar-refractivity contribution is 7.16. The summed E-state index contributed by atoms with van der Waals surface area (Å²) in [5.74, 6) is 0.766. The number of pyridine rings is 1. The topological polar surface area (TPSA) is 50.7 Å². The van der Waals surface area contributed by atoms with Crippen molar-refractivity contribution in [1.29, 1.82) is 0 Å². The molecule has 4 rings (SSSR count). The maximum atomic E-state index is 5.91. The molecular formula is C21H17ClN4S2. The summed E-state index contributed by atoms with van der Waals surface area (Å²) < 4.78 is 0. The Balaban J connectivity index is 1.43. The van der Waals surface area contributed by atoms with Crippen molar-refractivity contribution in [3.63, 3.8) is 0 Å². The van der Waals surface area contributed by atoms with E-state index in [2.05, 4.69) is 20.3 Å². The molecule has 0 amide bonds. The second-order valence-corrected chi connectivity index (χ2v) is 8.67. The van der Waals surface area contributed by atoms with Gasteiger partial charge < -0.3 is 5.32 Å². The van der Waals surface area contributed by atoms with E-state index < -0.39 is 0 Å². The van der Waals surface area contributed by atoms with Crippen LogP contribution in [0.1, 0.15) is 21.8 Å². The molecule has 0 saturated heterocycles. The van der Waals surface area contributed by atoms with E-state index in [4.69, 9.17) is 11.6 Å². The lowest BCUT2D eigenvalue weighted by atomic mass is 10.2. The summed E-state index contributed by atoms with van der Waals surface area (Å²) in [5.41, 5.74) is 4.10. The highest BCUT2D eigenvalue weighted by Crippen LogP contribution is 2.32. The van der Waals surface area contributed by atoms with Crippen molar-refractivity contribution in [1.82, 2.24) is 15.0 Å². The van der Waals surface area contributed by atoms with E-state index in [1.165, 1.54) is 0 Å². The predicted octanol–water partition coefficient (Wildman–Crippen LogP) is 6.85. The summed E-state index contributed by atoms with van der Waals surface area (Å²) in [5, 5.41) is 7.92. The summed E-state index contributed by atoms with van der Waals surface area (Å²) in [6.07, 6.45) is 5.89. The number of halogens is 1. The van der Waals surface area contributed by atoms with Crippen LogP contribution in [-0.4, -0.2) is 15.0 Å². The van der Waals surface area contributed by atoms with E-state index in [1.54, 1.807) is 22.7 Å². The number of benzene rings is 1. The minimum atomic E-state index is 0.736. The molecule has 0 saturated carbocycles. The average molecular weight is 425 g/mol. The Morgan fingerprint density at radius 3 is 2.39 bits per heavy atom. The fourth-order valence-electron chi connectivity index (χ4n) is 2.66. The van der Waals surface area contributed by atoms with Crippen LogP contribution in [0.15, 0.2) is 48.0 Å². The molecule has 4 nitrogen and oxygen atoms in total. The van der Waals surface area contributed by atoms with Crippen molar-refractivity contribution in [3.05, 3.63) is 74.8 Å². The van der Waals surface area contributed by atoms with Crippen LogP contribution in [0.2, 0.25) is 5.02 Å². The zero-order valence-corrected chi connectivity index (χ0v) is 17.7. The second-order valence-electron chi connectivity index (χ2n) is 6.17. The molecule has 0 atom stereocenters. The van der Waals surface area contributed by atoms with E-state index in [1.807, 2.05) is 74.0 Å². The molecular weight excluding hydrogens is 408 g/mol. The minimum Gasteiger partial charge on any atom is -0.316 e. The van der Waals surface area contributed by atoms with Crippen molar-refractivity contribution in [2.45, 2.75) is 13.8 Å². The van der Waals surface area contributed by atoms with Gasteiger partial charge in [-0.2, -0.15) is 0 Å². The van der Waals surface area contributed by atoms with Crippen LogP contribution in [0.3, 0.4) is 0 Å². The zero-order chi connectivity index (χ0) is 19.5. The molecule has 3 heterocycles. The molecule has 0 spiro atoms. The quantitative estimate of drug-likeness (QED) is 0.380. The van der Waals surface area contributed by atoms with E-state index in [9.17, 15) is 0 Å². The maximum absolute atomic E-state index is 5.91. The zero-order valence-electron chi connectivity index (χ0n) is 15.3. The number of aromatic nitrogens is 3. The lowest BCUT2D eigenvalue weighted by molar-refractivity contribution is 1.20. The van der Waals surface area contributed by atoms with Crippen molar-refractivity contribution >= 4 is 57.4 Å². The number of anilines is 2. The lowest BCUT2D eigenvalue weighted by Crippen LogP contribution is -1.92. The van der Waals surface area contributed by atoms with Crippen molar-refractivity contribution in [3.8, 4) is 10.6 Å². The molecule has 0 radical (unpaired) electrons. The van der Waals surface area contributed by atoms with Crippen molar-refractivity contribution in [2.24, 2.45) is 0 Å². The Bertz CT molecular complexity index is 1110. The van der Waals surface area contributed by atoms with E-state index in [0.29, 0.717) is 0 Å². The second kappa shape index (κ2) is 8.22. The molecule has 4 aromatic rings. The highest BCUT2D eigenvalue weighted by Gasteiger charge is 2.11. The summed E-state index contributed by atoms with van der Waals surface area (Å²) in [6.45, 7) is 4.03. The lowest BCUT2D eigenvalue weighted by Gasteiger charge is -2.02. The van der Waals surface area contributed by atoms with Crippen LogP contribution in [-0.2, 0) is 0 Å². The fourth-order valence-corrected chi connectivity index (χ4v) is 4.45. The molecule has 140 valence electrons. The predicted molar refractivity (Wildman–Crippen MR) is 121 cm³/mol. The Labute approximate surface area is 176 Å². The maximum Gasteiger partial charge on any atom is 0.188 e. The number of nitrogens with one attached hydrogen (secondary N) is 1. The summed E-state index contributed by atoms with van der Waals surface area (Å²) in [4.78, 5) is 14.7. The van der Waals surface area contributed by atoms with E-state index in [-0.39, 0.29) is 0 Å². The van der Waals surface area contributed by atoms with Crippen LogP contribution in [0.4, 0.5) is 10.9 Å². The molecule has 0 aliphatic rings. The van der Waals surface area contributed by atoms with Crippen LogP contribution < -0.4 is 5.32 Å². The van der Waals surface area contributed by atoms with Gasteiger partial charge in [0.2, 0.25) is 0 Å². The van der Waals surface area contributed by atoms with Gasteiger partial charge in [0.25, 0.3) is 0 Å². The minimum absolute atomic E-state index is 0.736. The SMILES string of the molecule is Cc1nc(C)c(-c2csc(Nc3ccc(/C=C/c4ccc(Cl)cc4)cn3)n2)s1. The first-order valence-corrected chi connectivity index (χ1v) is 10.7. The number of hydrogen-bond acceptors (Lipinski definition) is 6. The molecule has 1 N–H and O–H groups in total. The Morgan fingerprint density at radius 1 is 0.964 bits per heavy atom. The molecule has 7 heteroatoms. The van der Waals surface area contributed by atoms with Gasteiger partial charge in [-0.3, -0.25) is 0 Å². The molecule has 0 unspecified atom stereocenters. The standard InChI is InChI=1S/C21H17ClN4S2/c1-13-20(28-14(2)24-13)18-12-27-21(25-18)26-19-10-7-16(11-23-19)4-3-15-5-8-17(22)9-6-15/h3-12H,1-2H3,(H,23,25,26)/b4-3+. The van der Waals surface area contributed by atoms with Gasteiger partial charge in [-0.05, 0) is 49.2 Å². The van der Waals surface area contributed by atoms with Gasteiger partial charge in [0.05, 0.1) is 21.3 Å². The summed E-state index contributed by atoms with van der Waals surface area (Å²) >= 11 is 9.14. The molecule has 28 heavy (non-hydrogen) atoms. The monoisotopic (exact) mass is 424 g/mol. The fraction of sp³-hybridized carbons (Fsp3) is 0.0952. The molecule has 1 aromatic carbocycles. The Hall–Kier alpha value is -2.54. The average Bonchev–Trinajstić information content (AvgIpc) is 3.28. The normalized spacial score (nSPS) is 11.2. The first-order chi connectivity index (χ1) is 13.6. The van der Waals surface area contributed by atoms with Gasteiger partial charge in [0, 0.05) is 16.6 Å². The van der Waals surface area contributed by atoms with Gasteiger partial charge in [-0.25, -0.2) is 15.0 Å².